The number of hydrogen-bond donors (Lipinski definition) is 1. The van der Waals surface area contributed by atoms with Crippen LogP contribution in [0.3, 0.4) is 0 Å². The quantitative estimate of drug-likeness (QED) is 0.579. The third-order valence-corrected chi connectivity index (χ3v) is 4.37. The first-order chi connectivity index (χ1) is 13.5. The Hall–Kier alpha value is -3.06. The molecule has 1 aromatic carbocycles. The molecule has 8 heteroatoms. The summed E-state index contributed by atoms with van der Waals surface area (Å²) in [5, 5.41) is 7.52. The Kier molecular flexibility index (Phi) is 6.16. The lowest BCUT2D eigenvalue weighted by Crippen LogP contribution is -2.22. The second-order valence-corrected chi connectivity index (χ2v) is 6.50. The molecule has 0 aliphatic heterocycles. The molecule has 0 aliphatic rings. The highest BCUT2D eigenvalue weighted by molar-refractivity contribution is 6.31. The first-order valence-corrected chi connectivity index (χ1v) is 9.16. The van der Waals surface area contributed by atoms with Crippen LogP contribution in [0.5, 0.6) is 5.75 Å². The summed E-state index contributed by atoms with van der Waals surface area (Å²) in [7, 11) is 0. The summed E-state index contributed by atoms with van der Waals surface area (Å²) in [6, 6.07) is 10.1. The van der Waals surface area contributed by atoms with Gasteiger partial charge in [-0.2, -0.15) is 5.10 Å². The van der Waals surface area contributed by atoms with Gasteiger partial charge in [0.25, 0.3) is 5.91 Å². The molecule has 3 aromatic rings. The van der Waals surface area contributed by atoms with Crippen LogP contribution in [0.25, 0.3) is 0 Å². The molecule has 0 unspecified atom stereocenters. The molecule has 0 atom stereocenters. The van der Waals surface area contributed by atoms with Crippen LogP contribution in [0.15, 0.2) is 47.0 Å². The minimum atomic E-state index is -0.362. The highest BCUT2D eigenvalue weighted by Crippen LogP contribution is 2.17. The molecular weight excluding hydrogens is 382 g/mol. The van der Waals surface area contributed by atoms with Gasteiger partial charge in [0.1, 0.15) is 23.8 Å². The van der Waals surface area contributed by atoms with Crippen LogP contribution in [0.1, 0.15) is 46.2 Å². The van der Waals surface area contributed by atoms with Crippen molar-refractivity contribution in [2.75, 3.05) is 0 Å². The summed E-state index contributed by atoms with van der Waals surface area (Å²) in [4.78, 5) is 23.5. The van der Waals surface area contributed by atoms with Crippen LogP contribution in [-0.4, -0.2) is 21.5 Å². The number of ether oxygens (including phenoxy) is 1. The Morgan fingerprint density at radius 3 is 2.61 bits per heavy atom. The minimum absolute atomic E-state index is 0.00372. The number of aromatic nitrogens is 2. The highest BCUT2D eigenvalue weighted by atomic mass is 35.5. The Morgan fingerprint density at radius 2 is 1.96 bits per heavy atom. The fourth-order valence-electron chi connectivity index (χ4n) is 2.49. The molecule has 3 rings (SSSR count). The van der Waals surface area contributed by atoms with Crippen molar-refractivity contribution >= 4 is 23.3 Å². The summed E-state index contributed by atoms with van der Waals surface area (Å²) in [6.07, 6.45) is 1.72. The molecule has 1 N–H and O–H groups in total. The molecule has 0 saturated heterocycles. The van der Waals surface area contributed by atoms with E-state index in [1.165, 1.54) is 6.92 Å². The van der Waals surface area contributed by atoms with Crippen LogP contribution in [-0.2, 0) is 19.7 Å². The maximum atomic E-state index is 12.2. The fraction of sp³-hybridized carbons (Fsp3) is 0.250. The van der Waals surface area contributed by atoms with E-state index < -0.39 is 0 Å². The monoisotopic (exact) mass is 401 g/mol. The number of carbonyl (C=O) groups is 2. The van der Waals surface area contributed by atoms with Crippen molar-refractivity contribution in [3.8, 4) is 5.75 Å². The number of nitrogens with one attached hydrogen (secondary N) is 1. The van der Waals surface area contributed by atoms with Gasteiger partial charge in [0.05, 0.1) is 11.6 Å². The number of halogens is 1. The number of hydrogen-bond acceptors (Lipinski definition) is 5. The van der Waals surface area contributed by atoms with Crippen molar-refractivity contribution in [3.63, 3.8) is 0 Å². The molecule has 0 spiro atoms. The van der Waals surface area contributed by atoms with Gasteiger partial charge in [-0.15, -0.1) is 0 Å². The van der Waals surface area contributed by atoms with Gasteiger partial charge < -0.3 is 14.5 Å². The van der Waals surface area contributed by atoms with Crippen LogP contribution >= 0.6 is 11.6 Å². The molecule has 2 aromatic heterocycles. The van der Waals surface area contributed by atoms with E-state index in [2.05, 4.69) is 10.4 Å². The van der Waals surface area contributed by atoms with Crippen LogP contribution in [0, 0.1) is 0 Å². The van der Waals surface area contributed by atoms with Gasteiger partial charge >= 0.3 is 0 Å². The van der Waals surface area contributed by atoms with E-state index in [9.17, 15) is 9.59 Å². The Morgan fingerprint density at radius 1 is 1.21 bits per heavy atom. The van der Waals surface area contributed by atoms with Gasteiger partial charge in [0, 0.05) is 18.3 Å². The van der Waals surface area contributed by atoms with Crippen LogP contribution < -0.4 is 10.1 Å². The SMILES string of the molecule is CCn1cc(Cl)c(CNC(=O)c2ccc(COc3ccc(C(C)=O)cc3)o2)n1. The van der Waals surface area contributed by atoms with Gasteiger partial charge in [-0.05, 0) is 50.2 Å². The molecule has 0 saturated carbocycles. The highest BCUT2D eigenvalue weighted by Gasteiger charge is 2.13. The predicted molar refractivity (Wildman–Crippen MR) is 104 cm³/mol. The fourth-order valence-corrected chi connectivity index (χ4v) is 2.71. The van der Waals surface area contributed by atoms with Gasteiger partial charge in [-0.1, -0.05) is 11.6 Å². The number of amides is 1. The zero-order valence-corrected chi connectivity index (χ0v) is 16.3. The van der Waals surface area contributed by atoms with Crippen LogP contribution in [0.2, 0.25) is 5.02 Å². The largest absolute Gasteiger partial charge is 0.486 e. The molecule has 0 fully saturated rings. The molecular formula is C20H20ClN3O4. The summed E-state index contributed by atoms with van der Waals surface area (Å²) in [6.45, 7) is 4.54. The number of ketones is 1. The van der Waals surface area contributed by atoms with E-state index in [0.29, 0.717) is 34.3 Å². The average Bonchev–Trinajstić information content (AvgIpc) is 3.31. The number of carbonyl (C=O) groups excluding carboxylic acids is 2. The number of rotatable bonds is 8. The van der Waals surface area contributed by atoms with Crippen molar-refractivity contribution < 1.29 is 18.7 Å². The van der Waals surface area contributed by atoms with Crippen molar-refractivity contribution in [2.24, 2.45) is 0 Å². The molecule has 0 aliphatic carbocycles. The topological polar surface area (TPSA) is 86.4 Å². The van der Waals surface area contributed by atoms with Crippen molar-refractivity contribution in [1.82, 2.24) is 15.1 Å². The van der Waals surface area contributed by atoms with E-state index in [-0.39, 0.29) is 30.6 Å². The Balaban J connectivity index is 1.53. The molecule has 0 bridgehead atoms. The second kappa shape index (κ2) is 8.75. The van der Waals surface area contributed by atoms with Gasteiger partial charge in [-0.25, -0.2) is 0 Å². The molecule has 28 heavy (non-hydrogen) atoms. The van der Waals surface area contributed by atoms with Gasteiger partial charge in [0.2, 0.25) is 0 Å². The maximum absolute atomic E-state index is 12.2. The molecule has 0 radical (unpaired) electrons. The maximum Gasteiger partial charge on any atom is 0.287 e. The van der Waals surface area contributed by atoms with Crippen molar-refractivity contribution in [2.45, 2.75) is 33.5 Å². The van der Waals surface area contributed by atoms with E-state index in [4.69, 9.17) is 20.8 Å². The van der Waals surface area contributed by atoms with E-state index >= 15 is 0 Å². The minimum Gasteiger partial charge on any atom is -0.486 e. The Labute approximate surface area is 167 Å². The third-order valence-electron chi connectivity index (χ3n) is 4.05. The summed E-state index contributed by atoms with van der Waals surface area (Å²) >= 11 is 6.09. The van der Waals surface area contributed by atoms with Crippen LogP contribution in [0.4, 0.5) is 0 Å². The zero-order chi connectivity index (χ0) is 20.1. The predicted octanol–water partition coefficient (Wildman–Crippen LogP) is 3.86. The number of benzene rings is 1. The smallest absolute Gasteiger partial charge is 0.287 e. The standard InChI is InChI=1S/C20H20ClN3O4/c1-3-24-11-17(21)18(23-24)10-22-20(26)19-9-8-16(28-19)12-27-15-6-4-14(5-7-15)13(2)25/h4-9,11H,3,10,12H2,1-2H3,(H,22,26). The molecule has 1 amide bonds. The van der Waals surface area contributed by atoms with E-state index in [1.54, 1.807) is 47.3 Å². The second-order valence-electron chi connectivity index (χ2n) is 6.10. The lowest BCUT2D eigenvalue weighted by molar-refractivity contribution is 0.0918. The molecule has 7 nitrogen and oxygen atoms in total. The van der Waals surface area contributed by atoms with Gasteiger partial charge in [-0.3, -0.25) is 14.3 Å². The first-order valence-electron chi connectivity index (χ1n) is 8.78. The van der Waals surface area contributed by atoms with Crippen molar-refractivity contribution in [3.05, 3.63) is 70.4 Å². The lowest BCUT2D eigenvalue weighted by Gasteiger charge is -2.05. The first kappa shape index (κ1) is 19.7. The number of Topliss-reactive ketones (excluding diaryl/α,β-unsaturated/α-hetero) is 1. The molecule has 2 heterocycles. The number of aryl methyl sites for hydroxylation is 1. The third kappa shape index (κ3) is 4.80. The number of nitrogens with zero attached hydrogens (tertiary/aromatic N) is 2. The summed E-state index contributed by atoms with van der Waals surface area (Å²) in [5.74, 6) is 0.925. The van der Waals surface area contributed by atoms with Gasteiger partial charge in [0.15, 0.2) is 11.5 Å². The van der Waals surface area contributed by atoms with Crippen molar-refractivity contribution in [1.29, 1.82) is 0 Å². The zero-order valence-electron chi connectivity index (χ0n) is 15.6. The summed E-state index contributed by atoms with van der Waals surface area (Å²) in [5.41, 5.74) is 1.22. The lowest BCUT2D eigenvalue weighted by atomic mass is 10.1. The Bertz CT molecular complexity index is 976. The normalized spacial score (nSPS) is 10.7. The summed E-state index contributed by atoms with van der Waals surface area (Å²) < 4.78 is 12.8. The van der Waals surface area contributed by atoms with E-state index in [1.807, 2.05) is 6.92 Å². The average molecular weight is 402 g/mol. The molecule has 146 valence electrons. The van der Waals surface area contributed by atoms with E-state index in [0.717, 1.165) is 0 Å². The number of furan rings is 1.